The van der Waals surface area contributed by atoms with Crippen molar-refractivity contribution in [2.75, 3.05) is 5.32 Å². The van der Waals surface area contributed by atoms with Gasteiger partial charge in [0.2, 0.25) is 0 Å². The van der Waals surface area contributed by atoms with Gasteiger partial charge in [-0.25, -0.2) is 0 Å². The summed E-state index contributed by atoms with van der Waals surface area (Å²) in [6.45, 7) is 2.28. The van der Waals surface area contributed by atoms with Gasteiger partial charge in [0, 0.05) is 17.8 Å². The van der Waals surface area contributed by atoms with Crippen molar-refractivity contribution in [3.63, 3.8) is 0 Å². The van der Waals surface area contributed by atoms with E-state index >= 15 is 0 Å². The third-order valence-corrected chi connectivity index (χ3v) is 2.49. The quantitative estimate of drug-likeness (QED) is 0.850. The van der Waals surface area contributed by atoms with Crippen LogP contribution in [0.25, 0.3) is 0 Å². The number of carbonyl (C=O) groups is 1. The molecule has 1 aromatic heterocycles. The second-order valence-corrected chi connectivity index (χ2v) is 3.79. The number of nitrogens with two attached hydrogens (primary N) is 1. The number of aryl methyl sites for hydroxylation is 1. The summed E-state index contributed by atoms with van der Waals surface area (Å²) in [6.07, 6.45) is 1.50. The summed E-state index contributed by atoms with van der Waals surface area (Å²) in [5, 5.41) is 2.77. The van der Waals surface area contributed by atoms with Crippen molar-refractivity contribution in [1.82, 2.24) is 0 Å². The van der Waals surface area contributed by atoms with Gasteiger partial charge in [0.15, 0.2) is 5.76 Å². The molecule has 0 fully saturated rings. The second kappa shape index (κ2) is 4.84. The topological polar surface area (TPSA) is 68.3 Å². The number of anilines is 1. The highest BCUT2D eigenvalue weighted by Crippen LogP contribution is 2.14. The van der Waals surface area contributed by atoms with Gasteiger partial charge in [0.1, 0.15) is 0 Å². The minimum Gasteiger partial charge on any atom is -0.459 e. The maximum absolute atomic E-state index is 11.9. The van der Waals surface area contributed by atoms with Crippen LogP contribution in [0.1, 0.15) is 21.7 Å². The van der Waals surface area contributed by atoms with Gasteiger partial charge in [0.25, 0.3) is 5.91 Å². The zero-order valence-corrected chi connectivity index (χ0v) is 9.57. The molecule has 1 heterocycles. The summed E-state index contributed by atoms with van der Waals surface area (Å²) < 4.78 is 5.12. The lowest BCUT2D eigenvalue weighted by Crippen LogP contribution is -2.12. The van der Waals surface area contributed by atoms with Crippen LogP contribution in [0.5, 0.6) is 0 Å². The minimum atomic E-state index is -0.248. The molecule has 4 heteroatoms. The molecule has 4 nitrogen and oxygen atoms in total. The summed E-state index contributed by atoms with van der Waals surface area (Å²) in [5.74, 6) is 0.0878. The SMILES string of the molecule is Cc1ccoc1C(=O)Nc1cccc(CN)c1. The number of furan rings is 1. The Hall–Kier alpha value is -2.07. The van der Waals surface area contributed by atoms with E-state index in [1.165, 1.54) is 6.26 Å². The molecule has 0 atom stereocenters. The molecule has 0 aliphatic carbocycles. The second-order valence-electron chi connectivity index (χ2n) is 3.79. The molecule has 1 amide bonds. The molecule has 0 spiro atoms. The van der Waals surface area contributed by atoms with E-state index in [-0.39, 0.29) is 5.91 Å². The van der Waals surface area contributed by atoms with Crippen molar-refractivity contribution in [1.29, 1.82) is 0 Å². The van der Waals surface area contributed by atoms with Crippen LogP contribution in [0.2, 0.25) is 0 Å². The number of nitrogens with one attached hydrogen (secondary N) is 1. The Morgan fingerprint density at radius 1 is 1.41 bits per heavy atom. The van der Waals surface area contributed by atoms with Gasteiger partial charge < -0.3 is 15.5 Å². The van der Waals surface area contributed by atoms with Crippen molar-refractivity contribution in [3.05, 3.63) is 53.5 Å². The van der Waals surface area contributed by atoms with Crippen LogP contribution < -0.4 is 11.1 Å². The van der Waals surface area contributed by atoms with Crippen molar-refractivity contribution in [3.8, 4) is 0 Å². The van der Waals surface area contributed by atoms with Gasteiger partial charge >= 0.3 is 0 Å². The van der Waals surface area contributed by atoms with Gasteiger partial charge in [-0.2, -0.15) is 0 Å². The molecule has 0 saturated carbocycles. The fourth-order valence-electron chi connectivity index (χ4n) is 1.57. The fourth-order valence-corrected chi connectivity index (χ4v) is 1.57. The molecule has 2 rings (SSSR count). The summed E-state index contributed by atoms with van der Waals surface area (Å²) in [6, 6.07) is 9.18. The molecule has 0 aliphatic heterocycles. The summed E-state index contributed by atoms with van der Waals surface area (Å²) in [4.78, 5) is 11.9. The molecule has 2 aromatic rings. The first kappa shape index (κ1) is 11.4. The third-order valence-electron chi connectivity index (χ3n) is 2.49. The predicted octanol–water partition coefficient (Wildman–Crippen LogP) is 2.30. The fraction of sp³-hybridized carbons (Fsp3) is 0.154. The van der Waals surface area contributed by atoms with Gasteiger partial charge in [-0.1, -0.05) is 12.1 Å². The van der Waals surface area contributed by atoms with Crippen LogP contribution in [-0.4, -0.2) is 5.91 Å². The highest BCUT2D eigenvalue weighted by Gasteiger charge is 2.12. The molecule has 1 aromatic carbocycles. The predicted molar refractivity (Wildman–Crippen MR) is 65.7 cm³/mol. The highest BCUT2D eigenvalue weighted by atomic mass is 16.3. The smallest absolute Gasteiger partial charge is 0.291 e. The number of hydrogen-bond acceptors (Lipinski definition) is 3. The highest BCUT2D eigenvalue weighted by molar-refractivity contribution is 6.03. The van der Waals surface area contributed by atoms with Gasteiger partial charge in [0.05, 0.1) is 6.26 Å². The monoisotopic (exact) mass is 230 g/mol. The van der Waals surface area contributed by atoms with Crippen LogP contribution in [0, 0.1) is 6.92 Å². The average molecular weight is 230 g/mol. The van der Waals surface area contributed by atoms with E-state index in [9.17, 15) is 4.79 Å². The zero-order valence-electron chi connectivity index (χ0n) is 9.57. The van der Waals surface area contributed by atoms with Crippen molar-refractivity contribution < 1.29 is 9.21 Å². The van der Waals surface area contributed by atoms with Crippen LogP contribution in [0.4, 0.5) is 5.69 Å². The molecular weight excluding hydrogens is 216 g/mol. The Balaban J connectivity index is 2.16. The Morgan fingerprint density at radius 2 is 2.24 bits per heavy atom. The summed E-state index contributed by atoms with van der Waals surface area (Å²) >= 11 is 0. The minimum absolute atomic E-state index is 0.248. The first-order valence-corrected chi connectivity index (χ1v) is 5.35. The van der Waals surface area contributed by atoms with Crippen LogP contribution in [-0.2, 0) is 6.54 Å². The molecule has 88 valence electrons. The van der Waals surface area contributed by atoms with Crippen LogP contribution >= 0.6 is 0 Å². The lowest BCUT2D eigenvalue weighted by Gasteiger charge is -2.05. The standard InChI is InChI=1S/C13H14N2O2/c1-9-5-6-17-12(9)13(16)15-11-4-2-3-10(7-11)8-14/h2-7H,8,14H2,1H3,(H,15,16). The molecule has 0 unspecified atom stereocenters. The van der Waals surface area contributed by atoms with Crippen LogP contribution in [0.3, 0.4) is 0 Å². The van der Waals surface area contributed by atoms with Crippen molar-refractivity contribution in [2.45, 2.75) is 13.5 Å². The van der Waals surface area contributed by atoms with E-state index < -0.39 is 0 Å². The average Bonchev–Trinajstić information content (AvgIpc) is 2.76. The van der Waals surface area contributed by atoms with Gasteiger partial charge in [-0.05, 0) is 30.7 Å². The number of rotatable bonds is 3. The lowest BCUT2D eigenvalue weighted by molar-refractivity contribution is 0.0996. The van der Waals surface area contributed by atoms with E-state index in [2.05, 4.69) is 5.32 Å². The van der Waals surface area contributed by atoms with Crippen molar-refractivity contribution in [2.24, 2.45) is 5.73 Å². The molecule has 0 radical (unpaired) electrons. The number of hydrogen-bond donors (Lipinski definition) is 2. The Bertz CT molecular complexity index is 532. The summed E-state index contributed by atoms with van der Waals surface area (Å²) in [7, 11) is 0. The molecule has 0 bridgehead atoms. The Morgan fingerprint density at radius 3 is 2.88 bits per heavy atom. The number of amides is 1. The first-order valence-electron chi connectivity index (χ1n) is 5.35. The van der Waals surface area contributed by atoms with Crippen LogP contribution in [0.15, 0.2) is 41.0 Å². The normalized spacial score (nSPS) is 10.2. The Labute approximate surface area is 99.4 Å². The lowest BCUT2D eigenvalue weighted by atomic mass is 10.2. The maximum atomic E-state index is 11.9. The Kier molecular flexibility index (Phi) is 3.25. The summed E-state index contributed by atoms with van der Waals surface area (Å²) in [5.41, 5.74) is 8.04. The molecule has 17 heavy (non-hydrogen) atoms. The molecule has 0 saturated heterocycles. The van der Waals surface area contributed by atoms with E-state index in [1.807, 2.05) is 31.2 Å². The third kappa shape index (κ3) is 2.54. The number of benzene rings is 1. The maximum Gasteiger partial charge on any atom is 0.291 e. The molecule has 0 aliphatic rings. The van der Waals surface area contributed by atoms with Crippen molar-refractivity contribution >= 4 is 11.6 Å². The van der Waals surface area contributed by atoms with Gasteiger partial charge in [-0.15, -0.1) is 0 Å². The van der Waals surface area contributed by atoms with Gasteiger partial charge in [-0.3, -0.25) is 4.79 Å². The zero-order chi connectivity index (χ0) is 12.3. The first-order chi connectivity index (χ1) is 8.20. The molecule has 3 N–H and O–H groups in total. The van der Waals surface area contributed by atoms with E-state index in [1.54, 1.807) is 6.07 Å². The molecular formula is C13H14N2O2. The van der Waals surface area contributed by atoms with E-state index in [0.29, 0.717) is 18.0 Å². The van der Waals surface area contributed by atoms with E-state index in [4.69, 9.17) is 10.2 Å². The largest absolute Gasteiger partial charge is 0.459 e. The number of carbonyl (C=O) groups excluding carboxylic acids is 1. The van der Waals surface area contributed by atoms with E-state index in [0.717, 1.165) is 11.1 Å².